The topological polar surface area (TPSA) is 58.7 Å². The third-order valence-electron chi connectivity index (χ3n) is 5.23. The fraction of sp³-hybridized carbons (Fsp3) is 0.421. The van der Waals surface area contributed by atoms with Crippen molar-refractivity contribution in [2.45, 2.75) is 37.5 Å². The van der Waals surface area contributed by atoms with E-state index in [1.165, 1.54) is 19.3 Å². The molecule has 2 N–H and O–H groups in total. The van der Waals surface area contributed by atoms with E-state index in [0.29, 0.717) is 6.10 Å². The Balaban J connectivity index is 0.000000144. The van der Waals surface area contributed by atoms with E-state index in [1.807, 2.05) is 43.4 Å². The first-order chi connectivity index (χ1) is 12.3. The molecule has 4 heterocycles. The normalized spacial score (nSPS) is 28.4. The number of pyridine rings is 1. The van der Waals surface area contributed by atoms with Crippen molar-refractivity contribution in [2.75, 3.05) is 19.5 Å². The summed E-state index contributed by atoms with van der Waals surface area (Å²) in [6.07, 6.45) is 6.25. The quantitative estimate of drug-likeness (QED) is 0.896. The van der Waals surface area contributed by atoms with Gasteiger partial charge >= 0.3 is 0 Å². The molecule has 6 heteroatoms. The van der Waals surface area contributed by atoms with E-state index in [-0.39, 0.29) is 0 Å². The van der Waals surface area contributed by atoms with Gasteiger partial charge in [-0.15, -0.1) is 5.59 Å². The van der Waals surface area contributed by atoms with Crippen molar-refractivity contribution in [1.82, 2.24) is 15.6 Å². The smallest absolute Gasteiger partial charge is 0.118 e. The third-order valence-corrected chi connectivity index (χ3v) is 5.23. The standard InChI is InChI=1S/C13H14N2O.C6H10N2O/c1-14-12-4-3-9-15-13(12)10-5-7-11(16-2)8-6-10;1-2-6-5-3-4(1)8(5)7-9-6/h3-9,14H,1-2H3;4-7H,1-3H2. The minimum absolute atomic E-state index is 0.509. The number of ether oxygens (including phenoxy) is 1. The number of anilines is 1. The average Bonchev–Trinajstić information content (AvgIpc) is 2.90. The van der Waals surface area contributed by atoms with Gasteiger partial charge in [0, 0.05) is 24.8 Å². The van der Waals surface area contributed by atoms with Gasteiger partial charge in [-0.05, 0) is 55.7 Å². The van der Waals surface area contributed by atoms with E-state index in [2.05, 4.69) is 20.9 Å². The second-order valence-corrected chi connectivity index (χ2v) is 6.57. The van der Waals surface area contributed by atoms with Crippen LogP contribution in [0.15, 0.2) is 42.6 Å². The Morgan fingerprint density at radius 1 is 1.24 bits per heavy atom. The van der Waals surface area contributed by atoms with Crippen LogP contribution in [0.25, 0.3) is 11.3 Å². The Kier molecular flexibility index (Phi) is 4.57. The zero-order valence-corrected chi connectivity index (χ0v) is 14.6. The molecule has 4 bridgehead atoms. The predicted octanol–water partition coefficient (Wildman–Crippen LogP) is 2.84. The number of benzene rings is 1. The number of hydrazine groups is 1. The highest BCUT2D eigenvalue weighted by Gasteiger charge is 2.52. The van der Waals surface area contributed by atoms with Gasteiger partial charge in [0.05, 0.1) is 30.6 Å². The van der Waals surface area contributed by atoms with Gasteiger partial charge in [0.25, 0.3) is 0 Å². The lowest BCUT2D eigenvalue weighted by molar-refractivity contribution is -0.0500. The van der Waals surface area contributed by atoms with E-state index in [4.69, 9.17) is 9.57 Å². The number of fused-ring (bicyclic) bond motifs is 1. The third kappa shape index (κ3) is 3.08. The number of rotatable bonds is 3. The molecular weight excluding hydrogens is 316 g/mol. The number of piperidine rings is 1. The van der Waals surface area contributed by atoms with Crippen molar-refractivity contribution in [3.63, 3.8) is 0 Å². The molecule has 6 nitrogen and oxygen atoms in total. The maximum Gasteiger partial charge on any atom is 0.118 e. The molecule has 4 unspecified atom stereocenters. The highest BCUT2D eigenvalue weighted by atomic mass is 16.7. The first-order valence-electron chi connectivity index (χ1n) is 8.77. The Morgan fingerprint density at radius 2 is 2.08 bits per heavy atom. The summed E-state index contributed by atoms with van der Waals surface area (Å²) < 4.78 is 5.13. The lowest BCUT2D eigenvalue weighted by Crippen LogP contribution is -2.61. The second-order valence-electron chi connectivity index (χ2n) is 6.57. The van der Waals surface area contributed by atoms with Crippen LogP contribution in [0.3, 0.4) is 0 Å². The fourth-order valence-corrected chi connectivity index (χ4v) is 3.77. The van der Waals surface area contributed by atoms with Gasteiger partial charge in [-0.3, -0.25) is 9.82 Å². The minimum atomic E-state index is 0.509. The summed E-state index contributed by atoms with van der Waals surface area (Å²) in [5.41, 5.74) is 6.00. The molecule has 4 atom stereocenters. The molecular formula is C19H24N4O2. The maximum atomic E-state index is 5.31. The number of hydrogen-bond donors (Lipinski definition) is 2. The van der Waals surface area contributed by atoms with E-state index in [0.717, 1.165) is 34.8 Å². The summed E-state index contributed by atoms with van der Waals surface area (Å²) in [5.74, 6) is 0.852. The fourth-order valence-electron chi connectivity index (χ4n) is 3.77. The molecule has 1 aliphatic carbocycles. The van der Waals surface area contributed by atoms with Crippen LogP contribution < -0.4 is 15.6 Å². The Morgan fingerprint density at radius 3 is 2.72 bits per heavy atom. The number of methoxy groups -OCH3 is 1. The van der Waals surface area contributed by atoms with Crippen LogP contribution in [-0.4, -0.2) is 42.3 Å². The molecule has 4 aliphatic rings. The van der Waals surface area contributed by atoms with Crippen molar-refractivity contribution in [3.8, 4) is 17.0 Å². The molecule has 0 amide bonds. The van der Waals surface area contributed by atoms with E-state index >= 15 is 0 Å². The van der Waals surface area contributed by atoms with E-state index in [1.54, 1.807) is 13.3 Å². The molecule has 2 aromatic rings. The molecule has 1 saturated carbocycles. The Hall–Kier alpha value is -2.15. The van der Waals surface area contributed by atoms with Crippen LogP contribution in [0.2, 0.25) is 0 Å². The Labute approximate surface area is 148 Å². The molecule has 1 aromatic carbocycles. The van der Waals surface area contributed by atoms with Crippen LogP contribution in [0.4, 0.5) is 5.69 Å². The number of hydrogen-bond acceptors (Lipinski definition) is 6. The summed E-state index contributed by atoms with van der Waals surface area (Å²) in [7, 11) is 3.55. The largest absolute Gasteiger partial charge is 0.497 e. The first kappa shape index (κ1) is 16.3. The highest BCUT2D eigenvalue weighted by Crippen LogP contribution is 2.41. The van der Waals surface area contributed by atoms with E-state index in [9.17, 15) is 0 Å². The van der Waals surface area contributed by atoms with Gasteiger partial charge in [0.1, 0.15) is 5.75 Å². The van der Waals surface area contributed by atoms with Crippen molar-refractivity contribution < 1.29 is 9.57 Å². The molecule has 0 spiro atoms. The van der Waals surface area contributed by atoms with Crippen LogP contribution in [-0.2, 0) is 4.84 Å². The molecule has 4 fully saturated rings. The molecule has 3 saturated heterocycles. The molecule has 132 valence electrons. The molecule has 0 radical (unpaired) electrons. The van der Waals surface area contributed by atoms with Crippen LogP contribution in [0.5, 0.6) is 5.75 Å². The Bertz CT molecular complexity index is 703. The first-order valence-corrected chi connectivity index (χ1v) is 8.77. The summed E-state index contributed by atoms with van der Waals surface area (Å²) >= 11 is 0. The molecule has 25 heavy (non-hydrogen) atoms. The average molecular weight is 340 g/mol. The maximum absolute atomic E-state index is 5.31. The van der Waals surface area contributed by atoms with Gasteiger partial charge in [-0.1, -0.05) is 0 Å². The molecule has 3 aliphatic heterocycles. The van der Waals surface area contributed by atoms with Crippen molar-refractivity contribution in [3.05, 3.63) is 42.6 Å². The summed E-state index contributed by atoms with van der Waals surface area (Å²) in [5, 5.41) is 5.39. The number of aromatic nitrogens is 1. The van der Waals surface area contributed by atoms with Crippen molar-refractivity contribution in [1.29, 1.82) is 0 Å². The predicted molar refractivity (Wildman–Crippen MR) is 97.0 cm³/mol. The second kappa shape index (κ2) is 7.00. The SMILES string of the molecule is C1CC2CC3C1ONN23.CNc1cccnc1-c1ccc(OC)cc1. The monoisotopic (exact) mass is 340 g/mol. The van der Waals surface area contributed by atoms with Crippen molar-refractivity contribution >= 4 is 5.69 Å². The number of nitrogens with zero attached hydrogens (tertiary/aromatic N) is 2. The van der Waals surface area contributed by atoms with Crippen molar-refractivity contribution in [2.24, 2.45) is 0 Å². The van der Waals surface area contributed by atoms with Gasteiger partial charge in [0.2, 0.25) is 0 Å². The zero-order valence-electron chi connectivity index (χ0n) is 14.6. The van der Waals surface area contributed by atoms with Gasteiger partial charge in [-0.25, -0.2) is 5.01 Å². The lowest BCUT2D eigenvalue weighted by atomic mass is 9.80. The lowest BCUT2D eigenvalue weighted by Gasteiger charge is -2.47. The highest BCUT2D eigenvalue weighted by molar-refractivity contribution is 5.74. The summed E-state index contributed by atoms with van der Waals surface area (Å²) in [6.45, 7) is 0. The zero-order chi connectivity index (χ0) is 17.2. The summed E-state index contributed by atoms with van der Waals surface area (Å²) in [6, 6.07) is 13.3. The number of nitrogens with one attached hydrogen (secondary N) is 2. The van der Waals surface area contributed by atoms with Crippen LogP contribution in [0.1, 0.15) is 19.3 Å². The van der Waals surface area contributed by atoms with Crippen LogP contribution >= 0.6 is 0 Å². The van der Waals surface area contributed by atoms with Crippen LogP contribution in [0, 0.1) is 0 Å². The minimum Gasteiger partial charge on any atom is -0.497 e. The van der Waals surface area contributed by atoms with Gasteiger partial charge in [0.15, 0.2) is 0 Å². The summed E-state index contributed by atoms with van der Waals surface area (Å²) in [4.78, 5) is 9.68. The molecule has 6 rings (SSSR count). The molecule has 1 aromatic heterocycles. The van der Waals surface area contributed by atoms with Gasteiger partial charge in [-0.2, -0.15) is 0 Å². The van der Waals surface area contributed by atoms with E-state index < -0.39 is 0 Å². The van der Waals surface area contributed by atoms with Gasteiger partial charge < -0.3 is 10.1 Å².